The van der Waals surface area contributed by atoms with Crippen LogP contribution in [0.2, 0.25) is 0 Å². The first-order chi connectivity index (χ1) is 11.0. The minimum Gasteiger partial charge on any atom is -0.508 e. The van der Waals surface area contributed by atoms with Crippen molar-refractivity contribution in [1.29, 1.82) is 0 Å². The van der Waals surface area contributed by atoms with Gasteiger partial charge in [0.25, 0.3) is 5.91 Å². The van der Waals surface area contributed by atoms with Gasteiger partial charge in [-0.15, -0.1) is 0 Å². The molecular weight excluding hydrogens is 294 g/mol. The Balaban J connectivity index is 2.26. The van der Waals surface area contributed by atoms with Gasteiger partial charge in [-0.3, -0.25) is 4.79 Å². The summed E-state index contributed by atoms with van der Waals surface area (Å²) in [5.41, 5.74) is 1.08. The average Bonchev–Trinajstić information content (AvgIpc) is 2.55. The zero-order valence-electron chi connectivity index (χ0n) is 12.8. The number of hydrogen-bond donors (Lipinski definition) is 3. The van der Waals surface area contributed by atoms with Gasteiger partial charge in [0.15, 0.2) is 0 Å². The van der Waals surface area contributed by atoms with Gasteiger partial charge in [0.2, 0.25) is 0 Å². The summed E-state index contributed by atoms with van der Waals surface area (Å²) in [6.45, 7) is 1.85. The number of carboxylic acids is 1. The van der Waals surface area contributed by atoms with Crippen molar-refractivity contribution in [2.24, 2.45) is 0 Å². The van der Waals surface area contributed by atoms with Gasteiger partial charge in [-0.2, -0.15) is 0 Å². The van der Waals surface area contributed by atoms with Gasteiger partial charge in [0.05, 0.1) is 0 Å². The van der Waals surface area contributed by atoms with Crippen molar-refractivity contribution in [3.8, 4) is 5.75 Å². The van der Waals surface area contributed by atoms with Crippen LogP contribution in [0.25, 0.3) is 0 Å². The van der Waals surface area contributed by atoms with Crippen LogP contribution in [-0.4, -0.2) is 28.1 Å². The lowest BCUT2D eigenvalue weighted by Gasteiger charge is -2.24. The van der Waals surface area contributed by atoms with Crippen LogP contribution in [0.15, 0.2) is 54.6 Å². The number of hydrogen-bond acceptors (Lipinski definition) is 3. The van der Waals surface area contributed by atoms with Crippen LogP contribution in [-0.2, 0) is 4.79 Å². The van der Waals surface area contributed by atoms with Crippen molar-refractivity contribution in [3.05, 3.63) is 65.7 Å². The summed E-state index contributed by atoms with van der Waals surface area (Å²) in [7, 11) is 0. The second-order valence-corrected chi connectivity index (χ2v) is 5.27. The van der Waals surface area contributed by atoms with Gasteiger partial charge in [0, 0.05) is 11.5 Å². The Morgan fingerprint density at radius 3 is 2.35 bits per heavy atom. The van der Waals surface area contributed by atoms with Gasteiger partial charge < -0.3 is 15.5 Å². The number of carbonyl (C=O) groups excluding carboxylic acids is 1. The van der Waals surface area contributed by atoms with Gasteiger partial charge in [-0.1, -0.05) is 37.3 Å². The van der Waals surface area contributed by atoms with Crippen LogP contribution in [0.4, 0.5) is 0 Å². The third-order valence-corrected chi connectivity index (χ3v) is 3.73. The lowest BCUT2D eigenvalue weighted by atomic mass is 9.88. The molecule has 0 aliphatic carbocycles. The first-order valence-electron chi connectivity index (χ1n) is 7.40. The number of nitrogens with one attached hydrogen (secondary N) is 1. The second kappa shape index (κ2) is 7.45. The fraction of sp³-hybridized carbons (Fsp3) is 0.222. The zero-order chi connectivity index (χ0) is 16.8. The lowest BCUT2D eigenvalue weighted by molar-refractivity contribution is -0.139. The highest BCUT2D eigenvalue weighted by Crippen LogP contribution is 2.26. The molecule has 0 heterocycles. The minimum absolute atomic E-state index is 0.0690. The minimum atomic E-state index is -1.11. The number of benzene rings is 2. The zero-order valence-corrected chi connectivity index (χ0v) is 12.8. The molecule has 0 radical (unpaired) electrons. The third-order valence-electron chi connectivity index (χ3n) is 3.73. The van der Waals surface area contributed by atoms with E-state index in [1.165, 1.54) is 12.1 Å². The summed E-state index contributed by atoms with van der Waals surface area (Å²) in [5, 5.41) is 21.7. The van der Waals surface area contributed by atoms with E-state index in [-0.39, 0.29) is 5.75 Å². The summed E-state index contributed by atoms with van der Waals surface area (Å²) >= 11 is 0. The summed E-state index contributed by atoms with van der Waals surface area (Å²) in [6.07, 6.45) is 0.509. The molecule has 0 saturated heterocycles. The summed E-state index contributed by atoms with van der Waals surface area (Å²) in [5.74, 6) is -1.91. The average molecular weight is 313 g/mol. The van der Waals surface area contributed by atoms with Gasteiger partial charge in [-0.25, -0.2) is 4.79 Å². The van der Waals surface area contributed by atoms with Crippen molar-refractivity contribution in [2.75, 3.05) is 0 Å². The molecule has 0 aliphatic rings. The fourth-order valence-corrected chi connectivity index (χ4v) is 2.57. The second-order valence-electron chi connectivity index (χ2n) is 5.27. The van der Waals surface area contributed by atoms with E-state index in [2.05, 4.69) is 5.32 Å². The smallest absolute Gasteiger partial charge is 0.326 e. The number of rotatable bonds is 6. The van der Waals surface area contributed by atoms with Crippen molar-refractivity contribution in [2.45, 2.75) is 25.3 Å². The van der Waals surface area contributed by atoms with E-state index in [1.807, 2.05) is 6.92 Å². The predicted octanol–water partition coefficient (Wildman–Crippen LogP) is 2.77. The van der Waals surface area contributed by atoms with E-state index in [1.54, 1.807) is 42.5 Å². The molecule has 23 heavy (non-hydrogen) atoms. The Labute approximate surface area is 134 Å². The molecule has 2 rings (SSSR count). The highest BCUT2D eigenvalue weighted by Gasteiger charge is 2.30. The van der Waals surface area contributed by atoms with Crippen molar-refractivity contribution in [3.63, 3.8) is 0 Å². The maximum Gasteiger partial charge on any atom is 0.326 e. The van der Waals surface area contributed by atoms with Gasteiger partial charge in [-0.05, 0) is 36.2 Å². The number of aliphatic carboxylic acids is 1. The SMILES string of the molecule is CCC(c1cccc(O)c1)C(NC(=O)c1ccccc1)C(=O)O. The molecule has 1 amide bonds. The molecule has 0 aromatic heterocycles. The maximum atomic E-state index is 12.3. The number of phenolic OH excluding ortho intramolecular Hbond substituents is 1. The fourth-order valence-electron chi connectivity index (χ4n) is 2.57. The van der Waals surface area contributed by atoms with E-state index < -0.39 is 23.8 Å². The molecule has 0 saturated carbocycles. The van der Waals surface area contributed by atoms with Gasteiger partial charge >= 0.3 is 5.97 Å². The predicted molar refractivity (Wildman–Crippen MR) is 86.5 cm³/mol. The monoisotopic (exact) mass is 313 g/mol. The highest BCUT2D eigenvalue weighted by molar-refractivity contribution is 5.96. The van der Waals surface area contributed by atoms with Crippen molar-refractivity contribution in [1.82, 2.24) is 5.32 Å². The molecule has 2 unspecified atom stereocenters. The van der Waals surface area contributed by atoms with E-state index in [9.17, 15) is 19.8 Å². The van der Waals surface area contributed by atoms with Crippen LogP contribution < -0.4 is 5.32 Å². The maximum absolute atomic E-state index is 12.3. The van der Waals surface area contributed by atoms with E-state index in [0.29, 0.717) is 17.5 Å². The third kappa shape index (κ3) is 4.10. The largest absolute Gasteiger partial charge is 0.508 e. The normalized spacial score (nSPS) is 13.1. The molecular formula is C18H19NO4. The number of carbonyl (C=O) groups is 2. The van der Waals surface area contributed by atoms with E-state index >= 15 is 0 Å². The number of aromatic hydroxyl groups is 1. The topological polar surface area (TPSA) is 86.6 Å². The summed E-state index contributed by atoms with van der Waals surface area (Å²) < 4.78 is 0. The Kier molecular flexibility index (Phi) is 5.36. The Morgan fingerprint density at radius 1 is 1.09 bits per heavy atom. The summed E-state index contributed by atoms with van der Waals surface area (Å²) in [4.78, 5) is 23.9. The van der Waals surface area contributed by atoms with Crippen LogP contribution in [0.3, 0.4) is 0 Å². The number of carboxylic acid groups (broad SMARTS) is 1. The first-order valence-corrected chi connectivity index (χ1v) is 7.40. The van der Waals surface area contributed by atoms with Crippen molar-refractivity contribution < 1.29 is 19.8 Å². The van der Waals surface area contributed by atoms with Crippen LogP contribution >= 0.6 is 0 Å². The highest BCUT2D eigenvalue weighted by atomic mass is 16.4. The Hall–Kier alpha value is -2.82. The Morgan fingerprint density at radius 2 is 1.78 bits per heavy atom. The standard InChI is InChI=1S/C18H19NO4/c1-2-15(13-9-6-10-14(20)11-13)16(18(22)23)19-17(21)12-7-4-3-5-8-12/h3-11,15-16,20H,2H2,1H3,(H,19,21)(H,22,23). The Bertz CT molecular complexity index is 684. The molecule has 0 bridgehead atoms. The molecule has 2 atom stereocenters. The molecule has 5 nitrogen and oxygen atoms in total. The molecule has 5 heteroatoms. The van der Waals surface area contributed by atoms with E-state index in [0.717, 1.165) is 0 Å². The van der Waals surface area contributed by atoms with Crippen LogP contribution in [0.1, 0.15) is 35.2 Å². The molecule has 120 valence electrons. The molecule has 2 aromatic carbocycles. The molecule has 0 aliphatic heterocycles. The lowest BCUT2D eigenvalue weighted by Crippen LogP contribution is -2.44. The number of phenols is 1. The van der Waals surface area contributed by atoms with Crippen LogP contribution in [0.5, 0.6) is 5.75 Å². The van der Waals surface area contributed by atoms with Crippen LogP contribution in [0, 0.1) is 0 Å². The van der Waals surface area contributed by atoms with Gasteiger partial charge in [0.1, 0.15) is 11.8 Å². The first kappa shape index (κ1) is 16.5. The summed E-state index contributed by atoms with van der Waals surface area (Å²) in [6, 6.07) is 13.9. The number of amides is 1. The molecule has 3 N–H and O–H groups in total. The van der Waals surface area contributed by atoms with E-state index in [4.69, 9.17) is 0 Å². The molecule has 0 spiro atoms. The molecule has 0 fully saturated rings. The quantitative estimate of drug-likeness (QED) is 0.765. The van der Waals surface area contributed by atoms with Crippen molar-refractivity contribution >= 4 is 11.9 Å². The molecule has 2 aromatic rings.